The zero-order valence-electron chi connectivity index (χ0n) is 14.1. The molecule has 1 aromatic heterocycles. The minimum absolute atomic E-state index is 0.0751. The number of nitrogens with one attached hydrogen (secondary N) is 1. The number of aliphatic imine (C=N–C) groups is 1. The molecule has 0 aliphatic carbocycles. The van der Waals surface area contributed by atoms with Crippen LogP contribution >= 0.6 is 23.2 Å². The molecule has 0 fully saturated rings. The molecule has 0 aliphatic heterocycles. The summed E-state index contributed by atoms with van der Waals surface area (Å²) in [7, 11) is 0. The normalized spacial score (nSPS) is 13.3. The highest BCUT2D eigenvalue weighted by Gasteiger charge is 2.11. The lowest BCUT2D eigenvalue weighted by Crippen LogP contribution is -2.34. The second kappa shape index (κ2) is 8.40. The van der Waals surface area contributed by atoms with Crippen molar-refractivity contribution in [3.05, 3.63) is 52.0 Å². The van der Waals surface area contributed by atoms with E-state index in [4.69, 9.17) is 28.9 Å². The second-order valence-electron chi connectivity index (χ2n) is 6.12. The van der Waals surface area contributed by atoms with Crippen molar-refractivity contribution >= 4 is 29.2 Å². The molecule has 1 atom stereocenters. The maximum absolute atomic E-state index is 6.22. The third kappa shape index (κ3) is 5.14. The molecular formula is C17H23Cl2N5. The lowest BCUT2D eigenvalue weighted by Gasteiger charge is -2.16. The van der Waals surface area contributed by atoms with Gasteiger partial charge in [-0.2, -0.15) is 0 Å². The third-order valence-corrected chi connectivity index (χ3v) is 4.11. The van der Waals surface area contributed by atoms with Gasteiger partial charge in [0.25, 0.3) is 0 Å². The van der Waals surface area contributed by atoms with Crippen molar-refractivity contribution in [1.29, 1.82) is 0 Å². The SMILES string of the molecule is CC(C)Cn1ccnc1CN=C(N)NC(C)c1ccc(Cl)cc1Cl. The minimum atomic E-state index is -0.0751. The topological polar surface area (TPSA) is 68.2 Å². The minimum Gasteiger partial charge on any atom is -0.370 e. The van der Waals surface area contributed by atoms with Gasteiger partial charge in [0.2, 0.25) is 0 Å². The van der Waals surface area contributed by atoms with Crippen molar-refractivity contribution < 1.29 is 0 Å². The molecular weight excluding hydrogens is 345 g/mol. The van der Waals surface area contributed by atoms with Crippen LogP contribution < -0.4 is 11.1 Å². The molecule has 0 radical (unpaired) electrons. The van der Waals surface area contributed by atoms with E-state index in [-0.39, 0.29) is 6.04 Å². The molecule has 7 heteroatoms. The molecule has 1 unspecified atom stereocenters. The van der Waals surface area contributed by atoms with Gasteiger partial charge in [0.15, 0.2) is 5.96 Å². The van der Waals surface area contributed by atoms with E-state index < -0.39 is 0 Å². The van der Waals surface area contributed by atoms with E-state index in [0.717, 1.165) is 17.9 Å². The predicted molar refractivity (Wildman–Crippen MR) is 100 cm³/mol. The number of nitrogens with zero attached hydrogens (tertiary/aromatic N) is 3. The summed E-state index contributed by atoms with van der Waals surface area (Å²) in [6.07, 6.45) is 3.75. The van der Waals surface area contributed by atoms with Crippen LogP contribution in [-0.4, -0.2) is 15.5 Å². The highest BCUT2D eigenvalue weighted by molar-refractivity contribution is 6.35. The molecule has 2 rings (SSSR count). The first-order chi connectivity index (χ1) is 11.4. The van der Waals surface area contributed by atoms with Crippen LogP contribution in [-0.2, 0) is 13.1 Å². The van der Waals surface area contributed by atoms with Crippen molar-refractivity contribution in [2.45, 2.75) is 39.9 Å². The Labute approximate surface area is 152 Å². The van der Waals surface area contributed by atoms with Crippen molar-refractivity contribution in [2.24, 2.45) is 16.6 Å². The molecule has 0 spiro atoms. The monoisotopic (exact) mass is 367 g/mol. The van der Waals surface area contributed by atoms with Gasteiger partial charge in [-0.3, -0.25) is 0 Å². The fourth-order valence-corrected chi connectivity index (χ4v) is 2.98. The lowest BCUT2D eigenvalue weighted by molar-refractivity contribution is 0.507. The van der Waals surface area contributed by atoms with Gasteiger partial charge >= 0.3 is 0 Å². The Bertz CT molecular complexity index is 709. The molecule has 0 aliphatic rings. The number of hydrogen-bond acceptors (Lipinski definition) is 2. The molecule has 1 heterocycles. The Morgan fingerprint density at radius 3 is 2.75 bits per heavy atom. The van der Waals surface area contributed by atoms with Gasteiger partial charge < -0.3 is 15.6 Å². The van der Waals surface area contributed by atoms with E-state index >= 15 is 0 Å². The van der Waals surface area contributed by atoms with Crippen LogP contribution in [0.4, 0.5) is 0 Å². The summed E-state index contributed by atoms with van der Waals surface area (Å²) in [5, 5.41) is 4.35. The summed E-state index contributed by atoms with van der Waals surface area (Å²) in [5.41, 5.74) is 6.91. The third-order valence-electron chi connectivity index (χ3n) is 3.55. The summed E-state index contributed by atoms with van der Waals surface area (Å²) in [6, 6.07) is 5.32. The fourth-order valence-electron chi connectivity index (χ4n) is 2.41. The first-order valence-corrected chi connectivity index (χ1v) is 8.63. The maximum atomic E-state index is 6.22. The van der Waals surface area contributed by atoms with Gasteiger partial charge in [0.1, 0.15) is 12.4 Å². The van der Waals surface area contributed by atoms with E-state index in [1.54, 1.807) is 18.3 Å². The van der Waals surface area contributed by atoms with Gasteiger partial charge in [-0.15, -0.1) is 0 Å². The van der Waals surface area contributed by atoms with Crippen LogP contribution in [0.2, 0.25) is 10.0 Å². The summed E-state index contributed by atoms with van der Waals surface area (Å²) in [5.74, 6) is 1.79. The van der Waals surface area contributed by atoms with E-state index in [0.29, 0.717) is 28.5 Å². The molecule has 24 heavy (non-hydrogen) atoms. The first kappa shape index (κ1) is 18.6. The van der Waals surface area contributed by atoms with E-state index in [1.807, 2.05) is 19.2 Å². The quantitative estimate of drug-likeness (QED) is 0.598. The largest absolute Gasteiger partial charge is 0.370 e. The number of halogens is 2. The Balaban J connectivity index is 2.00. The van der Waals surface area contributed by atoms with Gasteiger partial charge in [-0.05, 0) is 30.5 Å². The zero-order chi connectivity index (χ0) is 17.7. The van der Waals surface area contributed by atoms with Crippen molar-refractivity contribution in [2.75, 3.05) is 0 Å². The number of aromatic nitrogens is 2. The van der Waals surface area contributed by atoms with Crippen LogP contribution in [0.3, 0.4) is 0 Å². The van der Waals surface area contributed by atoms with Crippen LogP contribution in [0, 0.1) is 5.92 Å². The molecule has 0 saturated carbocycles. The zero-order valence-corrected chi connectivity index (χ0v) is 15.6. The smallest absolute Gasteiger partial charge is 0.189 e. The predicted octanol–water partition coefficient (Wildman–Crippen LogP) is 4.01. The average molecular weight is 368 g/mol. The Morgan fingerprint density at radius 2 is 2.08 bits per heavy atom. The highest BCUT2D eigenvalue weighted by Crippen LogP contribution is 2.25. The first-order valence-electron chi connectivity index (χ1n) is 7.88. The van der Waals surface area contributed by atoms with Gasteiger partial charge in [0.05, 0.1) is 6.04 Å². The van der Waals surface area contributed by atoms with E-state index in [1.165, 1.54) is 0 Å². The second-order valence-corrected chi connectivity index (χ2v) is 6.97. The average Bonchev–Trinajstić information content (AvgIpc) is 2.91. The maximum Gasteiger partial charge on any atom is 0.189 e. The van der Waals surface area contributed by atoms with Crippen molar-refractivity contribution in [1.82, 2.24) is 14.9 Å². The summed E-state index contributed by atoms with van der Waals surface area (Å²) >= 11 is 12.1. The molecule has 3 N–H and O–H groups in total. The number of imidazole rings is 1. The fraction of sp³-hybridized carbons (Fsp3) is 0.412. The number of hydrogen-bond donors (Lipinski definition) is 2. The van der Waals surface area contributed by atoms with Crippen LogP contribution in [0.25, 0.3) is 0 Å². The molecule has 5 nitrogen and oxygen atoms in total. The number of guanidine groups is 1. The molecule has 0 saturated heterocycles. The summed E-state index contributed by atoms with van der Waals surface area (Å²) < 4.78 is 2.10. The standard InChI is InChI=1S/C17H23Cl2N5/c1-11(2)10-24-7-6-21-16(24)9-22-17(20)23-12(3)14-5-4-13(18)8-15(14)19/h4-8,11-12H,9-10H2,1-3H3,(H3,20,22,23). The number of nitrogens with two attached hydrogens (primary N) is 1. The Morgan fingerprint density at radius 1 is 1.33 bits per heavy atom. The van der Waals surface area contributed by atoms with Crippen LogP contribution in [0.15, 0.2) is 35.6 Å². The van der Waals surface area contributed by atoms with Crippen LogP contribution in [0.1, 0.15) is 38.2 Å². The molecule has 0 bridgehead atoms. The van der Waals surface area contributed by atoms with Crippen LogP contribution in [0.5, 0.6) is 0 Å². The molecule has 0 amide bonds. The summed E-state index contributed by atoms with van der Waals surface area (Å²) in [4.78, 5) is 8.72. The Kier molecular flexibility index (Phi) is 6.52. The highest BCUT2D eigenvalue weighted by atomic mass is 35.5. The number of rotatable bonds is 6. The van der Waals surface area contributed by atoms with Gasteiger partial charge in [0, 0.05) is 29.0 Å². The van der Waals surface area contributed by atoms with Gasteiger partial charge in [-0.25, -0.2) is 9.98 Å². The molecule has 1 aromatic carbocycles. The van der Waals surface area contributed by atoms with Crippen molar-refractivity contribution in [3.63, 3.8) is 0 Å². The molecule has 2 aromatic rings. The lowest BCUT2D eigenvalue weighted by atomic mass is 10.1. The molecule has 130 valence electrons. The van der Waals surface area contributed by atoms with E-state index in [2.05, 4.69) is 33.7 Å². The summed E-state index contributed by atoms with van der Waals surface area (Å²) in [6.45, 7) is 7.65. The van der Waals surface area contributed by atoms with E-state index in [9.17, 15) is 0 Å². The van der Waals surface area contributed by atoms with Crippen molar-refractivity contribution in [3.8, 4) is 0 Å². The Hall–Kier alpha value is -1.72. The number of benzene rings is 1. The van der Waals surface area contributed by atoms with Gasteiger partial charge in [-0.1, -0.05) is 43.1 Å².